The molecule has 0 saturated carbocycles. The van der Waals surface area contributed by atoms with Crippen molar-refractivity contribution in [1.29, 1.82) is 0 Å². The smallest absolute Gasteiger partial charge is 0.344 e. The lowest BCUT2D eigenvalue weighted by Gasteiger charge is -2.19. The number of hydrogen-bond donors (Lipinski definition) is 1. The van der Waals surface area contributed by atoms with Gasteiger partial charge in [0.25, 0.3) is 5.91 Å². The Labute approximate surface area is 133 Å². The number of aliphatic carboxylic acids is 1. The number of aryl methyl sites for hydroxylation is 1. The molecule has 1 amide bonds. The molecule has 1 N–H and O–H groups in total. The van der Waals surface area contributed by atoms with Crippen LogP contribution in [0.25, 0.3) is 0 Å². The van der Waals surface area contributed by atoms with E-state index in [0.29, 0.717) is 17.7 Å². The molecule has 1 aromatic carbocycles. The number of alkyl halides is 1. The molecular formula is C15H20BrNO4. The number of carbonyl (C=O) groups is 2. The van der Waals surface area contributed by atoms with Gasteiger partial charge in [0.15, 0.2) is 6.10 Å². The first-order valence-electron chi connectivity index (χ1n) is 6.70. The molecular weight excluding hydrogens is 338 g/mol. The van der Waals surface area contributed by atoms with Crippen molar-refractivity contribution < 1.29 is 19.4 Å². The largest absolute Gasteiger partial charge is 0.479 e. The molecule has 1 rings (SSSR count). The van der Waals surface area contributed by atoms with Gasteiger partial charge in [0.2, 0.25) is 0 Å². The molecule has 0 bridgehead atoms. The van der Waals surface area contributed by atoms with Gasteiger partial charge in [-0.2, -0.15) is 0 Å². The zero-order valence-corrected chi connectivity index (χ0v) is 14.0. The monoisotopic (exact) mass is 357 g/mol. The second-order valence-electron chi connectivity index (χ2n) is 4.82. The van der Waals surface area contributed by atoms with Crippen LogP contribution < -0.4 is 4.74 Å². The van der Waals surface area contributed by atoms with Crippen LogP contribution in [-0.2, 0) is 11.2 Å². The number of amides is 1. The Morgan fingerprint density at radius 1 is 1.38 bits per heavy atom. The molecule has 0 heterocycles. The Morgan fingerprint density at radius 2 is 2.05 bits per heavy atom. The Hall–Kier alpha value is -1.56. The molecule has 0 saturated heterocycles. The quantitative estimate of drug-likeness (QED) is 0.761. The van der Waals surface area contributed by atoms with Crippen LogP contribution >= 0.6 is 15.9 Å². The van der Waals surface area contributed by atoms with Crippen LogP contribution in [0, 0.1) is 0 Å². The summed E-state index contributed by atoms with van der Waals surface area (Å²) < 4.78 is 5.50. The van der Waals surface area contributed by atoms with Crippen molar-refractivity contribution in [3.8, 4) is 5.75 Å². The van der Waals surface area contributed by atoms with Gasteiger partial charge in [-0.05, 0) is 30.5 Å². The molecule has 0 spiro atoms. The van der Waals surface area contributed by atoms with Crippen LogP contribution in [0.5, 0.6) is 5.75 Å². The van der Waals surface area contributed by atoms with Gasteiger partial charge in [0, 0.05) is 19.4 Å². The lowest BCUT2D eigenvalue weighted by molar-refractivity contribution is -0.145. The van der Waals surface area contributed by atoms with Crippen LogP contribution in [0.2, 0.25) is 0 Å². The Bertz CT molecular complexity index is 516. The highest BCUT2D eigenvalue weighted by atomic mass is 79.9. The molecule has 1 aromatic rings. The van der Waals surface area contributed by atoms with E-state index >= 15 is 0 Å². The van der Waals surface area contributed by atoms with Crippen molar-refractivity contribution in [2.45, 2.75) is 25.9 Å². The zero-order chi connectivity index (χ0) is 16.0. The minimum atomic E-state index is -1.04. The number of carbonyl (C=O) groups excluding carboxylic acids is 1. The van der Waals surface area contributed by atoms with Crippen LogP contribution in [0.3, 0.4) is 0 Å². The van der Waals surface area contributed by atoms with Gasteiger partial charge in [-0.15, -0.1) is 0 Å². The van der Waals surface area contributed by atoms with Gasteiger partial charge in [0.05, 0.1) is 5.56 Å². The highest BCUT2D eigenvalue weighted by Crippen LogP contribution is 2.24. The summed E-state index contributed by atoms with van der Waals surface area (Å²) in [5, 5.41) is 9.87. The van der Waals surface area contributed by atoms with E-state index in [1.165, 1.54) is 4.90 Å². The molecule has 116 valence electrons. The number of carboxylic acid groups (broad SMARTS) is 1. The summed E-state index contributed by atoms with van der Waals surface area (Å²) in [6.45, 7) is 1.73. The number of ether oxygens (including phenoxy) is 1. The molecule has 1 atom stereocenters. The van der Waals surface area contributed by atoms with E-state index in [1.807, 2.05) is 6.07 Å². The summed E-state index contributed by atoms with van der Waals surface area (Å²) >= 11 is 3.36. The van der Waals surface area contributed by atoms with Crippen molar-refractivity contribution in [3.05, 3.63) is 29.3 Å². The molecule has 0 aliphatic carbocycles. The van der Waals surface area contributed by atoms with Crippen molar-refractivity contribution in [2.24, 2.45) is 0 Å². The fraction of sp³-hybridized carbons (Fsp3) is 0.467. The zero-order valence-electron chi connectivity index (χ0n) is 12.4. The summed E-state index contributed by atoms with van der Waals surface area (Å²) in [6, 6.07) is 5.27. The third-order valence-corrected chi connectivity index (χ3v) is 3.38. The lowest BCUT2D eigenvalue weighted by Crippen LogP contribution is -2.28. The first kappa shape index (κ1) is 17.5. The summed E-state index contributed by atoms with van der Waals surface area (Å²) in [5.41, 5.74) is 1.38. The van der Waals surface area contributed by atoms with E-state index in [4.69, 9.17) is 9.84 Å². The van der Waals surface area contributed by atoms with Crippen LogP contribution in [0.1, 0.15) is 29.3 Å². The maximum Gasteiger partial charge on any atom is 0.344 e. The topological polar surface area (TPSA) is 66.8 Å². The van der Waals surface area contributed by atoms with E-state index in [1.54, 1.807) is 33.2 Å². The number of rotatable bonds is 7. The van der Waals surface area contributed by atoms with Crippen LogP contribution in [0.4, 0.5) is 0 Å². The predicted molar refractivity (Wildman–Crippen MR) is 84.3 cm³/mol. The molecule has 0 aliphatic rings. The second kappa shape index (κ2) is 8.02. The fourth-order valence-corrected chi connectivity index (χ4v) is 2.27. The van der Waals surface area contributed by atoms with E-state index < -0.39 is 12.1 Å². The Balaban J connectivity index is 3.17. The summed E-state index contributed by atoms with van der Waals surface area (Å²) in [4.78, 5) is 24.8. The number of hydrogen-bond acceptors (Lipinski definition) is 3. The summed E-state index contributed by atoms with van der Waals surface area (Å²) in [7, 11) is 3.30. The van der Waals surface area contributed by atoms with Crippen LogP contribution in [-0.4, -0.2) is 47.4 Å². The fourth-order valence-electron chi connectivity index (χ4n) is 1.81. The van der Waals surface area contributed by atoms with Gasteiger partial charge >= 0.3 is 5.97 Å². The highest BCUT2D eigenvalue weighted by molar-refractivity contribution is 9.09. The maximum absolute atomic E-state index is 12.2. The number of benzene rings is 1. The van der Waals surface area contributed by atoms with E-state index in [-0.39, 0.29) is 5.91 Å². The normalized spacial score (nSPS) is 11.8. The minimum Gasteiger partial charge on any atom is -0.479 e. The van der Waals surface area contributed by atoms with Gasteiger partial charge in [0.1, 0.15) is 5.75 Å². The lowest BCUT2D eigenvalue weighted by atomic mass is 10.1. The van der Waals surface area contributed by atoms with Crippen molar-refractivity contribution in [1.82, 2.24) is 4.90 Å². The SMILES string of the molecule is CCC(Oc1ccc(CCBr)cc1C(=O)N(C)C)C(=O)O. The second-order valence-corrected chi connectivity index (χ2v) is 5.62. The van der Waals surface area contributed by atoms with Gasteiger partial charge < -0.3 is 14.7 Å². The molecule has 21 heavy (non-hydrogen) atoms. The first-order valence-corrected chi connectivity index (χ1v) is 7.82. The number of carboxylic acids is 1. The van der Waals surface area contributed by atoms with Crippen molar-refractivity contribution in [3.63, 3.8) is 0 Å². The number of halogens is 1. The summed E-state index contributed by atoms with van der Waals surface area (Å²) in [5.74, 6) is -0.937. The van der Waals surface area contributed by atoms with Gasteiger partial charge in [-0.25, -0.2) is 4.79 Å². The molecule has 1 unspecified atom stereocenters. The molecule has 0 fully saturated rings. The van der Waals surface area contributed by atoms with Crippen molar-refractivity contribution in [2.75, 3.05) is 19.4 Å². The molecule has 6 heteroatoms. The Morgan fingerprint density at radius 3 is 2.52 bits per heavy atom. The molecule has 0 aliphatic heterocycles. The Kier molecular flexibility index (Phi) is 6.68. The average Bonchev–Trinajstić information content (AvgIpc) is 2.44. The third kappa shape index (κ3) is 4.74. The molecule has 0 radical (unpaired) electrons. The van der Waals surface area contributed by atoms with Crippen molar-refractivity contribution >= 4 is 27.8 Å². The third-order valence-electron chi connectivity index (χ3n) is 2.98. The van der Waals surface area contributed by atoms with Crippen LogP contribution in [0.15, 0.2) is 18.2 Å². The highest BCUT2D eigenvalue weighted by Gasteiger charge is 2.21. The van der Waals surface area contributed by atoms with E-state index in [0.717, 1.165) is 17.3 Å². The van der Waals surface area contributed by atoms with E-state index in [9.17, 15) is 9.59 Å². The minimum absolute atomic E-state index is 0.207. The summed E-state index contributed by atoms with van der Waals surface area (Å²) in [6.07, 6.45) is 0.152. The molecule has 5 nitrogen and oxygen atoms in total. The number of nitrogens with zero attached hydrogens (tertiary/aromatic N) is 1. The van der Waals surface area contributed by atoms with Gasteiger partial charge in [-0.1, -0.05) is 28.9 Å². The predicted octanol–water partition coefficient (Wildman–Crippen LogP) is 2.57. The first-order chi connectivity index (χ1) is 9.90. The maximum atomic E-state index is 12.2. The van der Waals surface area contributed by atoms with E-state index in [2.05, 4.69) is 15.9 Å². The van der Waals surface area contributed by atoms with Gasteiger partial charge in [-0.3, -0.25) is 4.79 Å². The standard InChI is InChI=1S/C15H20BrNO4/c1-4-12(15(19)20)21-13-6-5-10(7-8-16)9-11(13)14(18)17(2)3/h5-6,9,12H,4,7-8H2,1-3H3,(H,19,20). The average molecular weight is 358 g/mol. The molecule has 0 aromatic heterocycles.